The molecule has 1 fully saturated rings. The third-order valence-corrected chi connectivity index (χ3v) is 3.60. The maximum atomic E-state index is 12.0. The molecule has 1 aliphatic rings. The van der Waals surface area contributed by atoms with Crippen LogP contribution in [0.25, 0.3) is 0 Å². The second-order valence-corrected chi connectivity index (χ2v) is 4.91. The molecule has 0 atom stereocenters. The van der Waals surface area contributed by atoms with Crippen LogP contribution in [0.5, 0.6) is 5.75 Å². The van der Waals surface area contributed by atoms with Crippen molar-refractivity contribution in [1.29, 1.82) is 0 Å². The molecule has 1 amide bonds. The molecule has 98 valence electrons. The molecule has 3 N–H and O–H groups in total. The summed E-state index contributed by atoms with van der Waals surface area (Å²) in [6.45, 7) is 0.525. The molecule has 4 heteroatoms. The van der Waals surface area contributed by atoms with Gasteiger partial charge in [-0.2, -0.15) is 0 Å². The van der Waals surface area contributed by atoms with E-state index in [0.717, 1.165) is 30.6 Å². The molecule has 1 saturated carbocycles. The Morgan fingerprint density at radius 1 is 1.50 bits per heavy atom. The lowest BCUT2D eigenvalue weighted by Gasteiger charge is -2.41. The number of ether oxygens (including phenoxy) is 1. The molecule has 0 aromatic heterocycles. The Labute approximate surface area is 108 Å². The van der Waals surface area contributed by atoms with Crippen LogP contribution in [0.2, 0.25) is 0 Å². The normalized spacial score (nSPS) is 16.8. The SMILES string of the molecule is COc1cccc(CC(=O)NC2(CN)CCC2)c1. The van der Waals surface area contributed by atoms with E-state index in [0.29, 0.717) is 13.0 Å². The highest BCUT2D eigenvalue weighted by Gasteiger charge is 2.36. The van der Waals surface area contributed by atoms with Gasteiger partial charge in [-0.15, -0.1) is 0 Å². The van der Waals surface area contributed by atoms with Gasteiger partial charge in [0.05, 0.1) is 19.1 Å². The maximum absolute atomic E-state index is 12.0. The molecular weight excluding hydrogens is 228 g/mol. The van der Waals surface area contributed by atoms with Gasteiger partial charge >= 0.3 is 0 Å². The van der Waals surface area contributed by atoms with Crippen molar-refractivity contribution in [3.63, 3.8) is 0 Å². The number of nitrogens with two attached hydrogens (primary N) is 1. The molecule has 18 heavy (non-hydrogen) atoms. The molecule has 1 aromatic carbocycles. The molecule has 0 spiro atoms. The number of hydrogen-bond acceptors (Lipinski definition) is 3. The highest BCUT2D eigenvalue weighted by atomic mass is 16.5. The van der Waals surface area contributed by atoms with E-state index in [1.807, 2.05) is 24.3 Å². The van der Waals surface area contributed by atoms with Gasteiger partial charge in [-0.1, -0.05) is 12.1 Å². The molecule has 0 saturated heterocycles. The minimum Gasteiger partial charge on any atom is -0.497 e. The van der Waals surface area contributed by atoms with E-state index in [1.165, 1.54) is 0 Å². The van der Waals surface area contributed by atoms with Crippen molar-refractivity contribution in [2.24, 2.45) is 5.73 Å². The van der Waals surface area contributed by atoms with Crippen LogP contribution in [0.3, 0.4) is 0 Å². The predicted molar refractivity (Wildman–Crippen MR) is 70.5 cm³/mol. The van der Waals surface area contributed by atoms with Crippen LogP contribution < -0.4 is 15.8 Å². The second-order valence-electron chi connectivity index (χ2n) is 4.91. The maximum Gasteiger partial charge on any atom is 0.224 e. The highest BCUT2D eigenvalue weighted by molar-refractivity contribution is 5.79. The van der Waals surface area contributed by atoms with E-state index < -0.39 is 0 Å². The molecule has 0 heterocycles. The zero-order chi connectivity index (χ0) is 13.0. The van der Waals surface area contributed by atoms with Gasteiger partial charge in [0.2, 0.25) is 5.91 Å². The van der Waals surface area contributed by atoms with Gasteiger partial charge in [-0.25, -0.2) is 0 Å². The van der Waals surface area contributed by atoms with Gasteiger partial charge in [0.25, 0.3) is 0 Å². The van der Waals surface area contributed by atoms with E-state index in [4.69, 9.17) is 10.5 Å². The van der Waals surface area contributed by atoms with Crippen molar-refractivity contribution in [1.82, 2.24) is 5.32 Å². The summed E-state index contributed by atoms with van der Waals surface area (Å²) in [7, 11) is 1.62. The average molecular weight is 248 g/mol. The number of carbonyl (C=O) groups is 1. The topological polar surface area (TPSA) is 64.3 Å². The monoisotopic (exact) mass is 248 g/mol. The Bertz CT molecular complexity index is 422. The summed E-state index contributed by atoms with van der Waals surface area (Å²) in [5, 5.41) is 3.06. The molecule has 0 aliphatic heterocycles. The molecule has 2 rings (SSSR count). The Balaban J connectivity index is 1.94. The molecule has 0 unspecified atom stereocenters. The number of benzene rings is 1. The molecule has 1 aliphatic carbocycles. The lowest BCUT2D eigenvalue weighted by molar-refractivity contribution is -0.123. The smallest absolute Gasteiger partial charge is 0.224 e. The lowest BCUT2D eigenvalue weighted by atomic mass is 9.76. The Hall–Kier alpha value is -1.55. The quantitative estimate of drug-likeness (QED) is 0.824. The van der Waals surface area contributed by atoms with Crippen LogP contribution >= 0.6 is 0 Å². The summed E-state index contributed by atoms with van der Waals surface area (Å²) in [6, 6.07) is 7.58. The minimum atomic E-state index is -0.143. The van der Waals surface area contributed by atoms with Gasteiger partial charge < -0.3 is 15.8 Å². The van der Waals surface area contributed by atoms with E-state index >= 15 is 0 Å². The summed E-state index contributed by atoms with van der Waals surface area (Å²) in [5.74, 6) is 0.811. The number of hydrogen-bond donors (Lipinski definition) is 2. The van der Waals surface area contributed by atoms with E-state index in [1.54, 1.807) is 7.11 Å². The standard InChI is InChI=1S/C14H20N2O2/c1-18-12-5-2-4-11(8-12)9-13(17)16-14(10-15)6-3-7-14/h2,4-5,8H,3,6-7,9-10,15H2,1H3,(H,16,17). The predicted octanol–water partition coefficient (Wildman–Crippen LogP) is 1.24. The number of carbonyl (C=O) groups excluding carboxylic acids is 1. The fourth-order valence-corrected chi connectivity index (χ4v) is 2.29. The Morgan fingerprint density at radius 2 is 2.28 bits per heavy atom. The van der Waals surface area contributed by atoms with Crippen molar-refractivity contribution in [3.8, 4) is 5.75 Å². The van der Waals surface area contributed by atoms with Crippen molar-refractivity contribution in [3.05, 3.63) is 29.8 Å². The average Bonchev–Trinajstić information content (AvgIpc) is 2.34. The number of rotatable bonds is 5. The zero-order valence-corrected chi connectivity index (χ0v) is 10.7. The first-order chi connectivity index (χ1) is 8.67. The van der Waals surface area contributed by atoms with Gasteiger partial charge in [-0.05, 0) is 37.0 Å². The summed E-state index contributed by atoms with van der Waals surface area (Å²) >= 11 is 0. The van der Waals surface area contributed by atoms with Gasteiger partial charge in [-0.3, -0.25) is 4.79 Å². The first-order valence-electron chi connectivity index (χ1n) is 6.31. The van der Waals surface area contributed by atoms with Gasteiger partial charge in [0, 0.05) is 6.54 Å². The van der Waals surface area contributed by atoms with Crippen molar-refractivity contribution >= 4 is 5.91 Å². The largest absolute Gasteiger partial charge is 0.497 e. The summed E-state index contributed by atoms with van der Waals surface area (Å²) in [4.78, 5) is 12.0. The summed E-state index contributed by atoms with van der Waals surface area (Å²) < 4.78 is 5.14. The van der Waals surface area contributed by atoms with Crippen molar-refractivity contribution < 1.29 is 9.53 Å². The fourth-order valence-electron chi connectivity index (χ4n) is 2.29. The van der Waals surface area contributed by atoms with E-state index in [-0.39, 0.29) is 11.4 Å². The van der Waals surface area contributed by atoms with Gasteiger partial charge in [0.1, 0.15) is 5.75 Å². The number of methoxy groups -OCH3 is 1. The van der Waals surface area contributed by atoms with Crippen LogP contribution in [0.4, 0.5) is 0 Å². The second kappa shape index (κ2) is 5.40. The van der Waals surface area contributed by atoms with Crippen LogP contribution in [0.1, 0.15) is 24.8 Å². The summed E-state index contributed by atoms with van der Waals surface area (Å²) in [5.41, 5.74) is 6.54. The molecule has 0 radical (unpaired) electrons. The molecule has 4 nitrogen and oxygen atoms in total. The van der Waals surface area contributed by atoms with Crippen molar-refractivity contribution in [2.75, 3.05) is 13.7 Å². The number of amides is 1. The molecule has 0 bridgehead atoms. The van der Waals surface area contributed by atoms with Gasteiger partial charge in [0.15, 0.2) is 0 Å². The van der Waals surface area contributed by atoms with Crippen LogP contribution in [-0.2, 0) is 11.2 Å². The first-order valence-corrected chi connectivity index (χ1v) is 6.31. The summed E-state index contributed by atoms with van der Waals surface area (Å²) in [6.07, 6.45) is 3.51. The number of nitrogens with one attached hydrogen (secondary N) is 1. The highest BCUT2D eigenvalue weighted by Crippen LogP contribution is 2.30. The minimum absolute atomic E-state index is 0.0356. The van der Waals surface area contributed by atoms with E-state index in [2.05, 4.69) is 5.32 Å². The third-order valence-electron chi connectivity index (χ3n) is 3.60. The zero-order valence-electron chi connectivity index (χ0n) is 10.7. The fraction of sp³-hybridized carbons (Fsp3) is 0.500. The third kappa shape index (κ3) is 2.82. The lowest BCUT2D eigenvalue weighted by Crippen LogP contribution is -2.58. The van der Waals surface area contributed by atoms with Crippen LogP contribution in [-0.4, -0.2) is 25.1 Å². The molecular formula is C14H20N2O2. The molecule has 1 aromatic rings. The Kier molecular flexibility index (Phi) is 3.87. The Morgan fingerprint density at radius 3 is 2.83 bits per heavy atom. The first kappa shape index (κ1) is 12.9. The van der Waals surface area contributed by atoms with E-state index in [9.17, 15) is 4.79 Å². The van der Waals surface area contributed by atoms with Crippen molar-refractivity contribution in [2.45, 2.75) is 31.2 Å². The van der Waals surface area contributed by atoms with Crippen LogP contribution in [0, 0.1) is 0 Å². The van der Waals surface area contributed by atoms with Crippen LogP contribution in [0.15, 0.2) is 24.3 Å².